The fraction of sp³-hybridized carbons (Fsp3) is 0.235. The summed E-state index contributed by atoms with van der Waals surface area (Å²) in [5, 5.41) is 3.81. The van der Waals surface area contributed by atoms with Crippen LogP contribution in [0.2, 0.25) is 0 Å². The third-order valence-corrected chi connectivity index (χ3v) is 3.01. The lowest BCUT2D eigenvalue weighted by Crippen LogP contribution is -2.20. The first-order valence-corrected chi connectivity index (χ1v) is 6.67. The lowest BCUT2D eigenvalue weighted by molar-refractivity contribution is -0.112. The predicted octanol–water partition coefficient (Wildman–Crippen LogP) is 3.31. The summed E-state index contributed by atoms with van der Waals surface area (Å²) in [5.74, 6) is -0.574. The molecule has 0 radical (unpaired) electrons. The highest BCUT2D eigenvalue weighted by molar-refractivity contribution is 6.19. The van der Waals surface area contributed by atoms with Crippen molar-refractivity contribution in [3.05, 3.63) is 59.7 Å². The van der Waals surface area contributed by atoms with E-state index in [1.165, 1.54) is 12.2 Å². The van der Waals surface area contributed by atoms with E-state index in [4.69, 9.17) is 4.84 Å². The molecule has 1 aromatic rings. The molecule has 0 aliphatic heterocycles. The van der Waals surface area contributed by atoms with Crippen LogP contribution >= 0.6 is 0 Å². The van der Waals surface area contributed by atoms with Crippen molar-refractivity contribution >= 4 is 17.5 Å². The van der Waals surface area contributed by atoms with Crippen molar-refractivity contribution in [2.75, 3.05) is 0 Å². The van der Waals surface area contributed by atoms with Crippen LogP contribution in [0.5, 0.6) is 0 Å². The molecule has 4 nitrogen and oxygen atoms in total. The van der Waals surface area contributed by atoms with Crippen molar-refractivity contribution in [1.29, 1.82) is 0 Å². The van der Waals surface area contributed by atoms with Crippen LogP contribution in [-0.2, 0) is 9.63 Å². The Balaban J connectivity index is 2.15. The second-order valence-corrected chi connectivity index (χ2v) is 5.77. The van der Waals surface area contributed by atoms with Gasteiger partial charge in [0.2, 0.25) is 0 Å². The van der Waals surface area contributed by atoms with Gasteiger partial charge in [-0.05, 0) is 35.8 Å². The molecule has 108 valence electrons. The van der Waals surface area contributed by atoms with Gasteiger partial charge in [-0.3, -0.25) is 4.79 Å². The van der Waals surface area contributed by atoms with Crippen molar-refractivity contribution < 1.29 is 14.4 Å². The Morgan fingerprint density at radius 1 is 1.10 bits per heavy atom. The van der Waals surface area contributed by atoms with Gasteiger partial charge in [-0.25, -0.2) is 4.79 Å². The Bertz CT molecular complexity index is 646. The van der Waals surface area contributed by atoms with Gasteiger partial charge in [-0.1, -0.05) is 44.1 Å². The van der Waals surface area contributed by atoms with Crippen LogP contribution in [0.3, 0.4) is 0 Å². The Morgan fingerprint density at radius 3 is 2.38 bits per heavy atom. The van der Waals surface area contributed by atoms with E-state index in [1.54, 1.807) is 30.3 Å². The Hall–Kier alpha value is -2.49. The largest absolute Gasteiger partial charge is 0.365 e. The molecule has 1 aliphatic rings. The standard InChI is InChI=1S/C17H17NO3/c1-17(2,3)14-11-13(9-10-15(14)19)18-21-16(20)12-7-5-4-6-8-12/h4-11H,1-3H3/b18-13+. The maximum Gasteiger partial charge on any atom is 0.365 e. The fourth-order valence-corrected chi connectivity index (χ4v) is 1.88. The van der Waals surface area contributed by atoms with Crippen LogP contribution < -0.4 is 0 Å². The highest BCUT2D eigenvalue weighted by Gasteiger charge is 2.24. The molecule has 0 fully saturated rings. The average molecular weight is 283 g/mol. The SMILES string of the molecule is CC(C)(C)C1=C/C(=N/OC(=O)c2ccccc2)C=CC1=O. The third kappa shape index (κ3) is 3.75. The predicted molar refractivity (Wildman–Crippen MR) is 81.0 cm³/mol. The zero-order valence-electron chi connectivity index (χ0n) is 12.3. The first-order chi connectivity index (χ1) is 9.88. The number of benzene rings is 1. The molecule has 0 N–H and O–H groups in total. The van der Waals surface area contributed by atoms with E-state index in [-0.39, 0.29) is 11.2 Å². The van der Waals surface area contributed by atoms with Crippen LogP contribution in [0, 0.1) is 5.41 Å². The van der Waals surface area contributed by atoms with Gasteiger partial charge < -0.3 is 4.84 Å². The van der Waals surface area contributed by atoms with Gasteiger partial charge in [0.05, 0.1) is 5.56 Å². The second kappa shape index (κ2) is 5.87. The number of allylic oxidation sites excluding steroid dienone is 4. The monoisotopic (exact) mass is 283 g/mol. The Morgan fingerprint density at radius 2 is 1.76 bits per heavy atom. The number of nitrogens with zero attached hydrogens (tertiary/aromatic N) is 1. The molecule has 0 saturated heterocycles. The molecule has 0 heterocycles. The number of carbonyl (C=O) groups is 2. The van der Waals surface area contributed by atoms with E-state index < -0.39 is 5.97 Å². The minimum atomic E-state index is -0.529. The first-order valence-electron chi connectivity index (χ1n) is 6.67. The summed E-state index contributed by atoms with van der Waals surface area (Å²) in [6.07, 6.45) is 4.63. The van der Waals surface area contributed by atoms with Crippen LogP contribution in [0.25, 0.3) is 0 Å². The molecule has 1 aliphatic carbocycles. The summed E-state index contributed by atoms with van der Waals surface area (Å²) in [6.45, 7) is 5.84. The normalized spacial score (nSPS) is 16.8. The molecule has 0 spiro atoms. The average Bonchev–Trinajstić information content (AvgIpc) is 2.45. The van der Waals surface area contributed by atoms with E-state index in [1.807, 2.05) is 26.8 Å². The molecule has 0 amide bonds. The smallest absolute Gasteiger partial charge is 0.312 e. The van der Waals surface area contributed by atoms with Crippen molar-refractivity contribution in [2.45, 2.75) is 20.8 Å². The summed E-state index contributed by atoms with van der Waals surface area (Å²) in [6, 6.07) is 8.62. The van der Waals surface area contributed by atoms with Crippen molar-refractivity contribution in [2.24, 2.45) is 10.6 Å². The molecule has 0 atom stereocenters. The summed E-state index contributed by atoms with van der Waals surface area (Å²) in [7, 11) is 0. The summed E-state index contributed by atoms with van der Waals surface area (Å²) in [5.41, 5.74) is 1.23. The van der Waals surface area contributed by atoms with Gasteiger partial charge in [0, 0.05) is 5.57 Å². The van der Waals surface area contributed by atoms with Gasteiger partial charge in [0.1, 0.15) is 5.71 Å². The third-order valence-electron chi connectivity index (χ3n) is 3.01. The van der Waals surface area contributed by atoms with Crippen molar-refractivity contribution in [1.82, 2.24) is 0 Å². The molecular formula is C17H17NO3. The number of hydrogen-bond donors (Lipinski definition) is 0. The minimum absolute atomic E-state index is 0.0455. The molecule has 0 bridgehead atoms. The second-order valence-electron chi connectivity index (χ2n) is 5.77. The lowest BCUT2D eigenvalue weighted by atomic mass is 9.81. The maximum absolute atomic E-state index is 11.8. The zero-order chi connectivity index (χ0) is 15.5. The minimum Gasteiger partial charge on any atom is -0.312 e. The molecule has 0 aromatic heterocycles. The Kier molecular flexibility index (Phi) is 4.17. The van der Waals surface area contributed by atoms with Crippen molar-refractivity contribution in [3.8, 4) is 0 Å². The van der Waals surface area contributed by atoms with Gasteiger partial charge in [0.15, 0.2) is 5.78 Å². The summed E-state index contributed by atoms with van der Waals surface area (Å²) < 4.78 is 0. The molecule has 0 saturated carbocycles. The number of ketones is 1. The van der Waals surface area contributed by atoms with E-state index in [2.05, 4.69) is 5.16 Å². The van der Waals surface area contributed by atoms with Gasteiger partial charge in [-0.15, -0.1) is 0 Å². The fourth-order valence-electron chi connectivity index (χ4n) is 1.88. The number of hydrogen-bond acceptors (Lipinski definition) is 4. The zero-order valence-corrected chi connectivity index (χ0v) is 12.3. The molecule has 1 aromatic carbocycles. The van der Waals surface area contributed by atoms with Crippen molar-refractivity contribution in [3.63, 3.8) is 0 Å². The quantitative estimate of drug-likeness (QED) is 0.475. The van der Waals surface area contributed by atoms with E-state index in [0.717, 1.165) is 0 Å². The molecular weight excluding hydrogens is 266 g/mol. The summed E-state index contributed by atoms with van der Waals surface area (Å²) >= 11 is 0. The van der Waals surface area contributed by atoms with Crippen LogP contribution in [0.1, 0.15) is 31.1 Å². The highest BCUT2D eigenvalue weighted by Crippen LogP contribution is 2.28. The number of rotatable bonds is 2. The first kappa shape index (κ1) is 14.9. The van der Waals surface area contributed by atoms with E-state index >= 15 is 0 Å². The van der Waals surface area contributed by atoms with Crippen LogP contribution in [0.4, 0.5) is 0 Å². The molecule has 2 rings (SSSR count). The maximum atomic E-state index is 11.8. The molecule has 0 unspecified atom stereocenters. The van der Waals surface area contributed by atoms with Crippen LogP contribution in [-0.4, -0.2) is 17.5 Å². The van der Waals surface area contributed by atoms with Gasteiger partial charge in [-0.2, -0.15) is 0 Å². The molecule has 4 heteroatoms. The molecule has 21 heavy (non-hydrogen) atoms. The van der Waals surface area contributed by atoms with E-state index in [9.17, 15) is 9.59 Å². The topological polar surface area (TPSA) is 55.7 Å². The van der Waals surface area contributed by atoms with Gasteiger partial charge >= 0.3 is 5.97 Å². The van der Waals surface area contributed by atoms with Gasteiger partial charge in [0.25, 0.3) is 0 Å². The number of carbonyl (C=O) groups excluding carboxylic acids is 2. The summed E-state index contributed by atoms with van der Waals surface area (Å²) in [4.78, 5) is 28.5. The van der Waals surface area contributed by atoms with Crippen LogP contribution in [0.15, 0.2) is 59.3 Å². The Labute approximate surface area is 123 Å². The highest BCUT2D eigenvalue weighted by atomic mass is 16.7. The lowest BCUT2D eigenvalue weighted by Gasteiger charge is -2.22. The number of oxime groups is 1. The van der Waals surface area contributed by atoms with E-state index in [0.29, 0.717) is 16.8 Å².